The average Bonchev–Trinajstić information content (AvgIpc) is 2.38. The van der Waals surface area contributed by atoms with E-state index in [2.05, 4.69) is 0 Å². The lowest BCUT2D eigenvalue weighted by Crippen LogP contribution is -2.36. The van der Waals surface area contributed by atoms with Gasteiger partial charge in [-0.05, 0) is 6.42 Å². The fourth-order valence-electron chi connectivity index (χ4n) is 1.42. The summed E-state index contributed by atoms with van der Waals surface area (Å²) >= 11 is 0. The van der Waals surface area contributed by atoms with Crippen LogP contribution in [0.25, 0.3) is 0 Å². The van der Waals surface area contributed by atoms with E-state index < -0.39 is 55.4 Å². The maximum absolute atomic E-state index is 13.3. The zero-order valence-electron chi connectivity index (χ0n) is 10.3. The zero-order chi connectivity index (χ0) is 16.4. The summed E-state index contributed by atoms with van der Waals surface area (Å²) in [6, 6.07) is -0.468. The summed E-state index contributed by atoms with van der Waals surface area (Å²) in [7, 11) is -4.32. The second kappa shape index (κ2) is 6.47. The van der Waals surface area contributed by atoms with E-state index in [-0.39, 0.29) is 13.0 Å². The van der Waals surface area contributed by atoms with Gasteiger partial charge in [0, 0.05) is 12.6 Å². The Morgan fingerprint density at radius 2 is 1.33 bits per heavy atom. The third-order valence-electron chi connectivity index (χ3n) is 2.41. The second-order valence-corrected chi connectivity index (χ2v) is 6.13. The van der Waals surface area contributed by atoms with E-state index in [0.29, 0.717) is 0 Å². The Hall–Kier alpha value is -1.56. The summed E-state index contributed by atoms with van der Waals surface area (Å²) in [5.74, 6) is -12.9. The van der Waals surface area contributed by atoms with Crippen LogP contribution in [0.3, 0.4) is 0 Å². The van der Waals surface area contributed by atoms with Gasteiger partial charge in [0.05, 0.1) is 0 Å². The smallest absolute Gasteiger partial charge is 0.390 e. The number of carbonyl (C=O) groups excluding carboxylic acids is 1. The average molecular weight is 331 g/mol. The molecule has 1 aromatic rings. The first kappa shape index (κ1) is 17.5. The molecule has 4 N–H and O–H groups in total. The lowest BCUT2D eigenvalue weighted by atomic mass is 10.1. The summed E-state index contributed by atoms with van der Waals surface area (Å²) in [6.07, 6.45) is -0.170. The molecule has 0 saturated heterocycles. The fraction of sp³-hybridized carbons (Fsp3) is 0.300. The molecule has 1 aromatic carbocycles. The van der Waals surface area contributed by atoms with Gasteiger partial charge in [0.15, 0.2) is 23.3 Å². The highest BCUT2D eigenvalue weighted by molar-refractivity contribution is 6.56. The van der Waals surface area contributed by atoms with Gasteiger partial charge in [-0.3, -0.25) is 4.79 Å². The van der Waals surface area contributed by atoms with Gasteiger partial charge in [0.2, 0.25) is 5.82 Å². The van der Waals surface area contributed by atoms with Crippen LogP contribution in [0.4, 0.5) is 22.0 Å². The van der Waals surface area contributed by atoms with Gasteiger partial charge >= 0.3 is 8.80 Å². The first-order valence-corrected chi connectivity index (χ1v) is 7.58. The van der Waals surface area contributed by atoms with Crippen LogP contribution in [0.5, 0.6) is 0 Å². The molecule has 5 nitrogen and oxygen atoms in total. The monoisotopic (exact) mass is 331 g/mol. The summed E-state index contributed by atoms with van der Waals surface area (Å²) in [6.45, 7) is -0.366. The van der Waals surface area contributed by atoms with Crippen LogP contribution in [0.15, 0.2) is 0 Å². The van der Waals surface area contributed by atoms with Gasteiger partial charge in [-0.15, -0.1) is 0 Å². The molecule has 0 atom stereocenters. The SMILES string of the molecule is O=C(NCCC[Si](O)(O)O)c1c(F)c(F)c(F)c(F)c1F. The first-order chi connectivity index (χ1) is 9.56. The van der Waals surface area contributed by atoms with Gasteiger partial charge < -0.3 is 19.7 Å². The van der Waals surface area contributed by atoms with Crippen molar-refractivity contribution in [3.63, 3.8) is 0 Å². The molecule has 118 valence electrons. The van der Waals surface area contributed by atoms with E-state index in [1.807, 2.05) is 5.32 Å². The molecule has 0 heterocycles. The number of halogens is 5. The molecule has 0 radical (unpaired) electrons. The van der Waals surface area contributed by atoms with Crippen molar-refractivity contribution in [1.29, 1.82) is 0 Å². The lowest BCUT2D eigenvalue weighted by molar-refractivity contribution is 0.0940. The van der Waals surface area contributed by atoms with E-state index in [1.54, 1.807) is 0 Å². The molecule has 1 rings (SSSR count). The van der Waals surface area contributed by atoms with Crippen LogP contribution in [-0.4, -0.2) is 35.6 Å². The van der Waals surface area contributed by atoms with Gasteiger partial charge in [-0.25, -0.2) is 22.0 Å². The third kappa shape index (κ3) is 4.20. The molecule has 0 aliphatic rings. The Morgan fingerprint density at radius 3 is 1.76 bits per heavy atom. The number of hydrogen-bond acceptors (Lipinski definition) is 4. The lowest BCUT2D eigenvalue weighted by Gasteiger charge is -2.11. The van der Waals surface area contributed by atoms with Crippen LogP contribution < -0.4 is 5.32 Å². The molecular formula is C10H10F5NO4Si. The van der Waals surface area contributed by atoms with Gasteiger partial charge in [0.1, 0.15) is 5.56 Å². The Labute approximate surface area is 116 Å². The fourth-order valence-corrected chi connectivity index (χ4v) is 2.07. The molecule has 0 aromatic heterocycles. The largest absolute Gasteiger partial charge is 0.492 e. The molecule has 0 bridgehead atoms. The number of hydrogen-bond donors (Lipinski definition) is 4. The maximum atomic E-state index is 13.3. The Balaban J connectivity index is 2.85. The minimum Gasteiger partial charge on any atom is -0.390 e. The maximum Gasteiger partial charge on any atom is 0.492 e. The molecule has 0 saturated carbocycles. The summed E-state index contributed by atoms with van der Waals surface area (Å²) in [4.78, 5) is 37.4. The van der Waals surface area contributed by atoms with Crippen LogP contribution >= 0.6 is 0 Å². The van der Waals surface area contributed by atoms with E-state index in [0.717, 1.165) is 0 Å². The number of rotatable bonds is 5. The van der Waals surface area contributed by atoms with E-state index in [4.69, 9.17) is 14.4 Å². The van der Waals surface area contributed by atoms with Crippen LogP contribution in [-0.2, 0) is 0 Å². The highest BCUT2D eigenvalue weighted by atomic mass is 28.4. The minimum atomic E-state index is -4.32. The van der Waals surface area contributed by atoms with Crippen molar-refractivity contribution >= 4 is 14.7 Å². The van der Waals surface area contributed by atoms with Gasteiger partial charge in [0.25, 0.3) is 5.91 Å². The van der Waals surface area contributed by atoms with Crippen molar-refractivity contribution in [2.75, 3.05) is 6.54 Å². The molecule has 0 aliphatic carbocycles. The molecule has 0 fully saturated rings. The number of benzene rings is 1. The van der Waals surface area contributed by atoms with E-state index in [1.165, 1.54) is 0 Å². The Morgan fingerprint density at radius 1 is 0.905 bits per heavy atom. The van der Waals surface area contributed by atoms with Gasteiger partial charge in [-0.2, -0.15) is 0 Å². The van der Waals surface area contributed by atoms with Crippen LogP contribution in [0.2, 0.25) is 6.04 Å². The Kier molecular flexibility index (Phi) is 5.39. The molecule has 1 amide bonds. The quantitative estimate of drug-likeness (QED) is 0.207. The van der Waals surface area contributed by atoms with Crippen molar-refractivity contribution < 1.29 is 41.1 Å². The van der Waals surface area contributed by atoms with Crippen molar-refractivity contribution in [3.8, 4) is 0 Å². The standard InChI is InChI=1S/C10H10F5NO4Si/c11-5-4(6(12)8(14)9(15)7(5)13)10(17)16-2-1-3-21(18,19)20/h18-20H,1-3H2,(H,16,17). The van der Waals surface area contributed by atoms with Crippen molar-refractivity contribution in [1.82, 2.24) is 5.32 Å². The number of amides is 1. The minimum absolute atomic E-state index is 0.170. The summed E-state index contributed by atoms with van der Waals surface area (Å²) in [5.41, 5.74) is -1.63. The van der Waals surface area contributed by atoms with Crippen molar-refractivity contribution in [2.24, 2.45) is 0 Å². The molecule has 0 aliphatic heterocycles. The van der Waals surface area contributed by atoms with Crippen molar-refractivity contribution in [2.45, 2.75) is 12.5 Å². The molecule has 0 unspecified atom stereocenters. The van der Waals surface area contributed by atoms with Crippen molar-refractivity contribution in [3.05, 3.63) is 34.6 Å². The molecular weight excluding hydrogens is 321 g/mol. The highest BCUT2D eigenvalue weighted by Crippen LogP contribution is 2.22. The second-order valence-electron chi connectivity index (χ2n) is 4.08. The topological polar surface area (TPSA) is 89.8 Å². The van der Waals surface area contributed by atoms with Gasteiger partial charge in [-0.1, -0.05) is 0 Å². The first-order valence-electron chi connectivity index (χ1n) is 5.53. The number of carbonyl (C=O) groups is 1. The molecule has 11 heteroatoms. The van der Waals surface area contributed by atoms with Crippen LogP contribution in [0.1, 0.15) is 16.8 Å². The highest BCUT2D eigenvalue weighted by Gasteiger charge is 2.30. The van der Waals surface area contributed by atoms with Crippen LogP contribution in [0, 0.1) is 29.1 Å². The molecule has 21 heavy (non-hydrogen) atoms. The van der Waals surface area contributed by atoms with E-state index >= 15 is 0 Å². The third-order valence-corrected chi connectivity index (χ3v) is 3.44. The zero-order valence-corrected chi connectivity index (χ0v) is 11.3. The number of nitrogens with one attached hydrogen (secondary N) is 1. The normalized spacial score (nSPS) is 11.6. The summed E-state index contributed by atoms with van der Waals surface area (Å²) in [5, 5.41) is 1.84. The predicted molar refractivity (Wildman–Crippen MR) is 60.4 cm³/mol. The Bertz CT molecular complexity index is 534. The predicted octanol–water partition coefficient (Wildman–Crippen LogP) is 0.418. The molecule has 0 spiro atoms. The summed E-state index contributed by atoms with van der Waals surface area (Å²) < 4.78 is 65.0. The van der Waals surface area contributed by atoms with E-state index in [9.17, 15) is 26.7 Å².